The molecule has 0 aromatic carbocycles. The molecule has 3 aliphatic rings. The topological polar surface area (TPSA) is 91.6 Å². The number of carbonyl (C=O) groups is 2. The summed E-state index contributed by atoms with van der Waals surface area (Å²) in [6, 6.07) is -0.352. The van der Waals surface area contributed by atoms with Crippen LogP contribution in [0.1, 0.15) is 62.6 Å². The number of hydrogen-bond donors (Lipinski definition) is 1. The smallest absolute Gasteiger partial charge is 0.245 e. The van der Waals surface area contributed by atoms with E-state index in [4.69, 9.17) is 4.52 Å². The molecule has 1 N–H and O–H groups in total. The maximum Gasteiger partial charge on any atom is 0.245 e. The molecule has 8 heteroatoms. The van der Waals surface area contributed by atoms with E-state index in [1.54, 1.807) is 0 Å². The van der Waals surface area contributed by atoms with Gasteiger partial charge in [0.15, 0.2) is 5.82 Å². The maximum atomic E-state index is 12.8. The van der Waals surface area contributed by atoms with Crippen molar-refractivity contribution < 1.29 is 14.1 Å². The van der Waals surface area contributed by atoms with Crippen LogP contribution in [0.25, 0.3) is 0 Å². The molecule has 0 bridgehead atoms. The minimum absolute atomic E-state index is 0.000807. The zero-order valence-corrected chi connectivity index (χ0v) is 15.2. The Bertz CT molecular complexity index is 657. The van der Waals surface area contributed by atoms with Gasteiger partial charge in [-0.25, -0.2) is 0 Å². The summed E-state index contributed by atoms with van der Waals surface area (Å²) in [4.78, 5) is 33.2. The molecular formula is C18H27N5O3. The van der Waals surface area contributed by atoms with Gasteiger partial charge >= 0.3 is 0 Å². The van der Waals surface area contributed by atoms with Crippen LogP contribution >= 0.6 is 0 Å². The van der Waals surface area contributed by atoms with E-state index in [1.165, 1.54) is 0 Å². The van der Waals surface area contributed by atoms with Crippen molar-refractivity contribution in [1.82, 2.24) is 25.3 Å². The predicted molar refractivity (Wildman–Crippen MR) is 93.1 cm³/mol. The molecule has 3 heterocycles. The van der Waals surface area contributed by atoms with Crippen LogP contribution in [0.2, 0.25) is 0 Å². The molecule has 142 valence electrons. The summed E-state index contributed by atoms with van der Waals surface area (Å²) in [6.07, 6.45) is 6.30. The fourth-order valence-corrected chi connectivity index (χ4v) is 3.76. The summed E-state index contributed by atoms with van der Waals surface area (Å²) in [5.74, 6) is 2.06. The molecule has 1 aromatic heterocycles. The van der Waals surface area contributed by atoms with Gasteiger partial charge in [-0.3, -0.25) is 14.5 Å². The Labute approximate surface area is 153 Å². The quantitative estimate of drug-likeness (QED) is 0.862. The Morgan fingerprint density at radius 1 is 1.12 bits per heavy atom. The van der Waals surface area contributed by atoms with Crippen molar-refractivity contribution >= 4 is 11.8 Å². The third-order valence-corrected chi connectivity index (χ3v) is 5.46. The molecule has 2 aliphatic heterocycles. The second kappa shape index (κ2) is 7.73. The summed E-state index contributed by atoms with van der Waals surface area (Å²) in [7, 11) is 0. The lowest BCUT2D eigenvalue weighted by atomic mass is 10.1. The third-order valence-electron chi connectivity index (χ3n) is 5.46. The van der Waals surface area contributed by atoms with Crippen molar-refractivity contribution in [1.29, 1.82) is 0 Å². The molecule has 1 aliphatic carbocycles. The van der Waals surface area contributed by atoms with Crippen LogP contribution in [-0.2, 0) is 16.1 Å². The fourth-order valence-electron chi connectivity index (χ4n) is 3.76. The van der Waals surface area contributed by atoms with Crippen molar-refractivity contribution in [2.75, 3.05) is 26.2 Å². The van der Waals surface area contributed by atoms with E-state index in [1.807, 2.05) is 4.90 Å². The highest BCUT2D eigenvalue weighted by molar-refractivity contribution is 5.88. The van der Waals surface area contributed by atoms with Gasteiger partial charge in [0.2, 0.25) is 17.7 Å². The second-order valence-electron chi connectivity index (χ2n) is 7.64. The van der Waals surface area contributed by atoms with Gasteiger partial charge in [-0.1, -0.05) is 11.6 Å². The number of amides is 2. The van der Waals surface area contributed by atoms with Gasteiger partial charge in [-0.15, -0.1) is 0 Å². The molecule has 4 rings (SSSR count). The largest absolute Gasteiger partial charge is 0.344 e. The van der Waals surface area contributed by atoms with E-state index >= 15 is 0 Å². The molecule has 0 radical (unpaired) electrons. The van der Waals surface area contributed by atoms with Gasteiger partial charge < -0.3 is 14.7 Å². The van der Waals surface area contributed by atoms with Crippen molar-refractivity contribution in [2.24, 2.45) is 0 Å². The predicted octanol–water partition coefficient (Wildman–Crippen LogP) is 1.04. The monoisotopic (exact) mass is 361 g/mol. The zero-order chi connectivity index (χ0) is 17.9. The van der Waals surface area contributed by atoms with Gasteiger partial charge in [-0.2, -0.15) is 4.98 Å². The summed E-state index contributed by atoms with van der Waals surface area (Å²) in [5, 5.41) is 6.98. The number of rotatable bonds is 4. The van der Waals surface area contributed by atoms with E-state index in [0.29, 0.717) is 25.4 Å². The van der Waals surface area contributed by atoms with Crippen LogP contribution in [0.5, 0.6) is 0 Å². The molecule has 1 atom stereocenters. The molecule has 2 saturated heterocycles. The Morgan fingerprint density at radius 2 is 2.00 bits per heavy atom. The summed E-state index contributed by atoms with van der Waals surface area (Å²) in [6.45, 7) is 3.78. The molecule has 2 amide bonds. The number of hydrogen-bond acceptors (Lipinski definition) is 6. The van der Waals surface area contributed by atoms with Crippen molar-refractivity contribution in [3.05, 3.63) is 11.7 Å². The molecule has 0 unspecified atom stereocenters. The van der Waals surface area contributed by atoms with Gasteiger partial charge in [0, 0.05) is 38.5 Å². The average Bonchev–Trinajstić information content (AvgIpc) is 3.44. The first-order valence-electron chi connectivity index (χ1n) is 9.82. The summed E-state index contributed by atoms with van der Waals surface area (Å²) < 4.78 is 5.33. The number of aromatic nitrogens is 2. The molecule has 26 heavy (non-hydrogen) atoms. The van der Waals surface area contributed by atoms with Crippen LogP contribution in [0.15, 0.2) is 4.52 Å². The highest BCUT2D eigenvalue weighted by Crippen LogP contribution is 2.38. The van der Waals surface area contributed by atoms with E-state index in [2.05, 4.69) is 20.4 Å². The average molecular weight is 361 g/mol. The lowest BCUT2D eigenvalue weighted by Crippen LogP contribution is -2.48. The second-order valence-corrected chi connectivity index (χ2v) is 7.64. The minimum atomic E-state index is -0.352. The minimum Gasteiger partial charge on any atom is -0.344 e. The van der Waals surface area contributed by atoms with E-state index in [0.717, 1.165) is 69.9 Å². The highest BCUT2D eigenvalue weighted by Gasteiger charge is 2.31. The van der Waals surface area contributed by atoms with Gasteiger partial charge in [-0.05, 0) is 32.1 Å². The number of carbonyl (C=O) groups excluding carboxylic acids is 2. The SMILES string of the molecule is O=C1CCCC[C@@H](C(=O)N2CCCN(Cc3noc(C4CC4)n3)CC2)N1. The first-order valence-corrected chi connectivity index (χ1v) is 9.82. The third kappa shape index (κ3) is 4.23. The molecular weight excluding hydrogens is 334 g/mol. The molecule has 0 spiro atoms. The molecule has 8 nitrogen and oxygen atoms in total. The van der Waals surface area contributed by atoms with Gasteiger partial charge in [0.1, 0.15) is 6.04 Å². The fraction of sp³-hybridized carbons (Fsp3) is 0.778. The van der Waals surface area contributed by atoms with E-state index < -0.39 is 0 Å². The van der Waals surface area contributed by atoms with E-state index in [9.17, 15) is 9.59 Å². The Kier molecular flexibility index (Phi) is 5.19. The molecule has 1 saturated carbocycles. The first kappa shape index (κ1) is 17.5. The zero-order valence-electron chi connectivity index (χ0n) is 15.2. The van der Waals surface area contributed by atoms with Gasteiger partial charge in [0.05, 0.1) is 6.54 Å². The lowest BCUT2D eigenvalue weighted by Gasteiger charge is -2.26. The van der Waals surface area contributed by atoms with Crippen LogP contribution < -0.4 is 5.32 Å². The molecule has 1 aromatic rings. The highest BCUT2D eigenvalue weighted by atomic mass is 16.5. The first-order chi connectivity index (χ1) is 12.7. The van der Waals surface area contributed by atoms with Gasteiger partial charge in [0.25, 0.3) is 0 Å². The van der Waals surface area contributed by atoms with Crippen molar-refractivity contribution in [3.63, 3.8) is 0 Å². The van der Waals surface area contributed by atoms with Crippen molar-refractivity contribution in [2.45, 2.75) is 63.5 Å². The van der Waals surface area contributed by atoms with Crippen LogP contribution in [0.4, 0.5) is 0 Å². The van der Waals surface area contributed by atoms with Crippen LogP contribution in [0.3, 0.4) is 0 Å². The van der Waals surface area contributed by atoms with Crippen LogP contribution in [-0.4, -0.2) is 64.0 Å². The normalized spacial score (nSPS) is 25.5. The summed E-state index contributed by atoms with van der Waals surface area (Å²) >= 11 is 0. The van der Waals surface area contributed by atoms with Crippen LogP contribution in [0, 0.1) is 0 Å². The standard InChI is InChI=1S/C18H27N5O3/c24-16-5-2-1-4-14(19-16)18(25)23-9-3-8-22(10-11-23)12-15-20-17(26-21-15)13-6-7-13/h13-14H,1-12H2,(H,19,24)/t14-/m0/s1. The number of nitrogens with one attached hydrogen (secondary N) is 1. The van der Waals surface area contributed by atoms with E-state index in [-0.39, 0.29) is 17.9 Å². The lowest BCUT2D eigenvalue weighted by molar-refractivity contribution is -0.136. The molecule has 3 fully saturated rings. The Balaban J connectivity index is 1.30. The maximum absolute atomic E-state index is 12.8. The Hall–Kier alpha value is -1.96. The summed E-state index contributed by atoms with van der Waals surface area (Å²) in [5.41, 5.74) is 0. The number of nitrogens with zero attached hydrogens (tertiary/aromatic N) is 4. The van der Waals surface area contributed by atoms with Crippen molar-refractivity contribution in [3.8, 4) is 0 Å². The Morgan fingerprint density at radius 3 is 2.85 bits per heavy atom.